The maximum atomic E-state index is 5.28. The third-order valence-electron chi connectivity index (χ3n) is 4.95. The van der Waals surface area contributed by atoms with E-state index in [9.17, 15) is 0 Å². The summed E-state index contributed by atoms with van der Waals surface area (Å²) in [5.74, 6) is 2.62. The summed E-state index contributed by atoms with van der Waals surface area (Å²) in [6, 6.07) is 14.0. The van der Waals surface area contributed by atoms with Gasteiger partial charge in [-0.1, -0.05) is 41.8 Å². The third-order valence-corrected chi connectivity index (χ3v) is 6.14. The fourth-order valence-corrected chi connectivity index (χ4v) is 4.60. The van der Waals surface area contributed by atoms with Crippen LogP contribution < -0.4 is 10.2 Å². The van der Waals surface area contributed by atoms with Crippen molar-refractivity contribution in [1.29, 1.82) is 0 Å². The number of thiazole rings is 1. The highest BCUT2D eigenvalue weighted by Gasteiger charge is 2.24. The van der Waals surface area contributed by atoms with Crippen molar-refractivity contribution in [3.8, 4) is 0 Å². The molecule has 0 bridgehead atoms. The maximum Gasteiger partial charge on any atom is 0.189 e. The van der Waals surface area contributed by atoms with Gasteiger partial charge in [-0.25, -0.2) is 4.98 Å². The van der Waals surface area contributed by atoms with Crippen molar-refractivity contribution in [2.75, 3.05) is 16.8 Å². The van der Waals surface area contributed by atoms with Crippen LogP contribution in [0, 0.1) is 11.6 Å². The molecule has 0 unspecified atom stereocenters. The number of anilines is 4. The smallest absolute Gasteiger partial charge is 0.189 e. The molecule has 1 aromatic carbocycles. The van der Waals surface area contributed by atoms with Gasteiger partial charge in [-0.05, 0) is 44.0 Å². The second kappa shape index (κ2) is 6.96. The Balaban J connectivity index is 1.51. The molecule has 0 fully saturated rings. The van der Waals surface area contributed by atoms with Crippen LogP contribution in [0.25, 0.3) is 10.2 Å². The Morgan fingerprint density at radius 1 is 1.14 bits per heavy atom. The first-order chi connectivity index (χ1) is 13.7. The minimum atomic E-state index is 0.712. The summed E-state index contributed by atoms with van der Waals surface area (Å²) in [6.07, 6.45) is 2.03. The zero-order valence-electron chi connectivity index (χ0n) is 15.3. The summed E-state index contributed by atoms with van der Waals surface area (Å²) in [6.45, 7) is 2.99. The minimum Gasteiger partial charge on any atom is -0.333 e. The Morgan fingerprint density at radius 3 is 2.89 bits per heavy atom. The summed E-state index contributed by atoms with van der Waals surface area (Å²) >= 11 is 6.90. The normalized spacial score (nSPS) is 13.5. The molecule has 2 N–H and O–H groups in total. The molecule has 0 saturated carbocycles. The first-order valence-corrected chi connectivity index (χ1v) is 10.4. The number of pyridine rings is 1. The molecule has 3 aromatic heterocycles. The predicted octanol–water partition coefficient (Wildman–Crippen LogP) is 5.28. The molecule has 140 valence electrons. The second-order valence-electron chi connectivity index (χ2n) is 6.74. The van der Waals surface area contributed by atoms with Crippen LogP contribution in [0.15, 0.2) is 42.5 Å². The van der Waals surface area contributed by atoms with Gasteiger partial charge in [0, 0.05) is 17.7 Å². The molecule has 0 amide bonds. The van der Waals surface area contributed by atoms with Crippen LogP contribution in [-0.2, 0) is 6.42 Å². The number of nitrogens with one attached hydrogen (secondary N) is 2. The highest BCUT2D eigenvalue weighted by atomic mass is 32.1. The molecular formula is C20H18N6S2. The average Bonchev–Trinajstić information content (AvgIpc) is 3.12. The zero-order valence-corrected chi connectivity index (χ0v) is 16.9. The van der Waals surface area contributed by atoms with E-state index in [1.807, 2.05) is 36.4 Å². The van der Waals surface area contributed by atoms with Crippen LogP contribution in [0.5, 0.6) is 0 Å². The molecule has 0 atom stereocenters. The van der Waals surface area contributed by atoms with E-state index in [1.165, 1.54) is 5.56 Å². The first kappa shape index (κ1) is 17.3. The number of hydrogen-bond donors (Lipinski definition) is 2. The molecule has 4 aromatic rings. The lowest BCUT2D eigenvalue weighted by atomic mass is 10.0. The van der Waals surface area contributed by atoms with Gasteiger partial charge in [0.25, 0.3) is 0 Å². The highest BCUT2D eigenvalue weighted by Crippen LogP contribution is 2.35. The van der Waals surface area contributed by atoms with E-state index in [0.29, 0.717) is 4.64 Å². The first-order valence-electron chi connectivity index (χ1n) is 9.15. The lowest BCUT2D eigenvalue weighted by molar-refractivity contribution is 0.728. The van der Waals surface area contributed by atoms with Crippen molar-refractivity contribution in [1.82, 2.24) is 20.2 Å². The quantitative estimate of drug-likeness (QED) is 0.451. The van der Waals surface area contributed by atoms with Crippen molar-refractivity contribution in [3.63, 3.8) is 0 Å². The third kappa shape index (κ3) is 3.04. The van der Waals surface area contributed by atoms with Crippen LogP contribution >= 0.6 is 23.6 Å². The van der Waals surface area contributed by atoms with Crippen molar-refractivity contribution in [3.05, 3.63) is 58.2 Å². The van der Waals surface area contributed by atoms with Gasteiger partial charge in [-0.15, -0.1) is 10.2 Å². The van der Waals surface area contributed by atoms with Gasteiger partial charge in [-0.2, -0.15) is 0 Å². The number of hydrogen-bond acceptors (Lipinski definition) is 7. The fraction of sp³-hybridized carbons (Fsp3) is 0.200. The molecule has 1 aliphatic rings. The number of rotatable bonds is 3. The van der Waals surface area contributed by atoms with Gasteiger partial charge in [0.1, 0.15) is 10.5 Å². The number of aromatic amines is 1. The van der Waals surface area contributed by atoms with Crippen molar-refractivity contribution in [2.45, 2.75) is 19.8 Å². The molecule has 28 heavy (non-hydrogen) atoms. The van der Waals surface area contributed by atoms with Gasteiger partial charge in [0.15, 0.2) is 16.8 Å². The van der Waals surface area contributed by atoms with E-state index in [-0.39, 0.29) is 0 Å². The van der Waals surface area contributed by atoms with Gasteiger partial charge in [0.05, 0.1) is 10.2 Å². The number of benzene rings is 1. The molecule has 5 rings (SSSR count). The van der Waals surface area contributed by atoms with Crippen molar-refractivity contribution < 1.29 is 0 Å². The molecule has 0 aliphatic carbocycles. The number of fused-ring (bicyclic) bond motifs is 2. The van der Waals surface area contributed by atoms with Crippen LogP contribution in [0.3, 0.4) is 0 Å². The average molecular weight is 407 g/mol. The monoisotopic (exact) mass is 406 g/mol. The Bertz CT molecular complexity index is 1200. The molecule has 0 radical (unpaired) electrons. The molecular weight excluding hydrogens is 388 g/mol. The fourth-order valence-electron chi connectivity index (χ4n) is 3.55. The van der Waals surface area contributed by atoms with E-state index in [4.69, 9.17) is 12.2 Å². The highest BCUT2D eigenvalue weighted by molar-refractivity contribution is 7.71. The number of aromatic nitrogens is 4. The predicted molar refractivity (Wildman–Crippen MR) is 117 cm³/mol. The lowest BCUT2D eigenvalue weighted by Crippen LogP contribution is -2.27. The summed E-state index contributed by atoms with van der Waals surface area (Å²) in [5.41, 5.74) is 3.32. The Hall–Kier alpha value is -2.84. The summed E-state index contributed by atoms with van der Waals surface area (Å²) in [7, 11) is 0. The second-order valence-corrected chi connectivity index (χ2v) is 8.21. The summed E-state index contributed by atoms with van der Waals surface area (Å²) in [5, 5.41) is 13.2. The van der Waals surface area contributed by atoms with E-state index < -0.39 is 0 Å². The maximum absolute atomic E-state index is 5.28. The van der Waals surface area contributed by atoms with Crippen LogP contribution in [0.4, 0.5) is 22.6 Å². The number of H-pyrrole nitrogens is 1. The van der Waals surface area contributed by atoms with E-state index in [0.717, 1.165) is 57.8 Å². The van der Waals surface area contributed by atoms with E-state index in [1.54, 1.807) is 11.3 Å². The standard InChI is InChI=1S/C20H18N6S2/c1-12-13-6-5-11-26(16-9-4-10-17(27)22-16)19(13)25-24-18(12)23-20-21-14-7-2-3-8-15(14)28-20/h2-4,7-10H,5-6,11H2,1H3,(H,22,27)(H,21,23,24). The van der Waals surface area contributed by atoms with Crippen LogP contribution in [0.2, 0.25) is 0 Å². The molecule has 0 spiro atoms. The van der Waals surface area contributed by atoms with E-state index in [2.05, 4.69) is 43.4 Å². The molecule has 8 heteroatoms. The van der Waals surface area contributed by atoms with Crippen LogP contribution in [0.1, 0.15) is 17.5 Å². The summed E-state index contributed by atoms with van der Waals surface area (Å²) < 4.78 is 1.86. The number of nitrogens with zero attached hydrogens (tertiary/aromatic N) is 4. The van der Waals surface area contributed by atoms with E-state index >= 15 is 0 Å². The van der Waals surface area contributed by atoms with Crippen molar-refractivity contribution >= 4 is 56.4 Å². The molecule has 0 saturated heterocycles. The number of para-hydroxylation sites is 1. The van der Waals surface area contributed by atoms with Gasteiger partial charge >= 0.3 is 0 Å². The molecule has 1 aliphatic heterocycles. The van der Waals surface area contributed by atoms with Gasteiger partial charge in [-0.3, -0.25) is 0 Å². The topological polar surface area (TPSA) is 69.7 Å². The molecule has 6 nitrogen and oxygen atoms in total. The molecule has 4 heterocycles. The summed E-state index contributed by atoms with van der Waals surface area (Å²) in [4.78, 5) is 10.1. The largest absolute Gasteiger partial charge is 0.333 e. The Morgan fingerprint density at radius 2 is 2.04 bits per heavy atom. The minimum absolute atomic E-state index is 0.712. The zero-order chi connectivity index (χ0) is 19.1. The van der Waals surface area contributed by atoms with Gasteiger partial charge in [0.2, 0.25) is 0 Å². The van der Waals surface area contributed by atoms with Crippen molar-refractivity contribution in [2.24, 2.45) is 0 Å². The SMILES string of the molecule is Cc1c(Nc2nc3ccccc3s2)nnc2c1CCCN2c1cccc(=S)[nH]1. The Kier molecular flexibility index (Phi) is 4.29. The lowest BCUT2D eigenvalue weighted by Gasteiger charge is -2.30. The Labute approximate surface area is 171 Å². The van der Waals surface area contributed by atoms with Crippen LogP contribution in [-0.4, -0.2) is 26.7 Å². The van der Waals surface area contributed by atoms with Gasteiger partial charge < -0.3 is 15.2 Å².